The van der Waals surface area contributed by atoms with Crippen molar-refractivity contribution in [2.24, 2.45) is 5.92 Å². The number of carbonyl (C=O) groups is 2. The molecule has 0 aliphatic carbocycles. The topological polar surface area (TPSA) is 74.3 Å². The molecule has 8 heteroatoms. The van der Waals surface area contributed by atoms with Crippen LogP contribution in [0.2, 0.25) is 5.02 Å². The number of carbonyl (C=O) groups excluding carboxylic acids is 2. The van der Waals surface area contributed by atoms with E-state index in [1.807, 2.05) is 18.7 Å². The normalized spacial score (nSPS) is 17.5. The number of piperidine rings is 1. The van der Waals surface area contributed by atoms with Gasteiger partial charge in [-0.15, -0.1) is 11.3 Å². The van der Waals surface area contributed by atoms with Crippen LogP contribution in [0.1, 0.15) is 23.4 Å². The van der Waals surface area contributed by atoms with Crippen LogP contribution < -0.4 is 10.6 Å². The molecule has 1 fully saturated rings. The smallest absolute Gasteiger partial charge is 0.240 e. The fourth-order valence-electron chi connectivity index (χ4n) is 3.08. The van der Waals surface area contributed by atoms with E-state index in [0.717, 1.165) is 35.6 Å². The molecule has 0 saturated carbocycles. The predicted molar refractivity (Wildman–Crippen MR) is 109 cm³/mol. The number of thiazole rings is 1. The third kappa shape index (κ3) is 5.51. The Morgan fingerprint density at radius 2 is 2.00 bits per heavy atom. The first kappa shape index (κ1) is 19.8. The molecule has 2 aromatic rings. The second-order valence-electron chi connectivity index (χ2n) is 6.78. The van der Waals surface area contributed by atoms with Gasteiger partial charge < -0.3 is 10.6 Å². The third-order valence-electron chi connectivity index (χ3n) is 4.63. The molecule has 2 amide bonds. The van der Waals surface area contributed by atoms with Gasteiger partial charge in [-0.25, -0.2) is 4.98 Å². The first-order valence-electron chi connectivity index (χ1n) is 8.93. The van der Waals surface area contributed by atoms with Crippen molar-refractivity contribution in [3.05, 3.63) is 39.9 Å². The van der Waals surface area contributed by atoms with Gasteiger partial charge in [0.25, 0.3) is 0 Å². The fourth-order valence-corrected chi connectivity index (χ4v) is 4.04. The molecule has 0 bridgehead atoms. The highest BCUT2D eigenvalue weighted by Gasteiger charge is 2.27. The molecule has 1 saturated heterocycles. The number of aromatic nitrogens is 1. The molecule has 1 unspecified atom stereocenters. The van der Waals surface area contributed by atoms with Gasteiger partial charge in [0.05, 0.1) is 18.2 Å². The number of rotatable bonds is 5. The number of aryl methyl sites for hydroxylation is 2. The quantitative estimate of drug-likeness (QED) is 0.793. The van der Waals surface area contributed by atoms with Crippen LogP contribution in [0.5, 0.6) is 0 Å². The van der Waals surface area contributed by atoms with Gasteiger partial charge in [0, 0.05) is 22.1 Å². The zero-order valence-electron chi connectivity index (χ0n) is 15.4. The summed E-state index contributed by atoms with van der Waals surface area (Å²) in [4.78, 5) is 32.3. The molecule has 144 valence electrons. The highest BCUT2D eigenvalue weighted by molar-refractivity contribution is 7.15. The van der Waals surface area contributed by atoms with Gasteiger partial charge in [0.15, 0.2) is 5.13 Å². The molecule has 1 aliphatic rings. The first-order valence-corrected chi connectivity index (χ1v) is 10.1. The highest BCUT2D eigenvalue weighted by Crippen LogP contribution is 2.22. The Kier molecular flexibility index (Phi) is 6.46. The van der Waals surface area contributed by atoms with Gasteiger partial charge in [-0.2, -0.15) is 0 Å². The van der Waals surface area contributed by atoms with Gasteiger partial charge in [-0.3, -0.25) is 14.5 Å². The molecule has 2 N–H and O–H groups in total. The van der Waals surface area contributed by atoms with E-state index in [1.165, 1.54) is 11.3 Å². The SMILES string of the molecule is Cc1nc(NC(=O)CN2CCCC(C(=O)Nc3ccc(Cl)cc3)C2)sc1C. The minimum atomic E-state index is -0.133. The summed E-state index contributed by atoms with van der Waals surface area (Å²) in [7, 11) is 0. The van der Waals surface area contributed by atoms with Crippen LogP contribution in [0, 0.1) is 19.8 Å². The molecule has 1 aromatic heterocycles. The molecule has 1 atom stereocenters. The molecule has 2 heterocycles. The maximum absolute atomic E-state index is 12.5. The van der Waals surface area contributed by atoms with E-state index in [0.29, 0.717) is 16.7 Å². The number of amides is 2. The first-order chi connectivity index (χ1) is 12.9. The zero-order valence-corrected chi connectivity index (χ0v) is 17.0. The Balaban J connectivity index is 1.51. The number of nitrogens with zero attached hydrogens (tertiary/aromatic N) is 2. The molecule has 0 radical (unpaired) electrons. The summed E-state index contributed by atoms with van der Waals surface area (Å²) >= 11 is 7.35. The molecule has 3 rings (SSSR count). The van der Waals surface area contributed by atoms with Crippen molar-refractivity contribution in [1.82, 2.24) is 9.88 Å². The van der Waals surface area contributed by atoms with Gasteiger partial charge in [0.2, 0.25) is 11.8 Å². The average molecular weight is 407 g/mol. The Hall–Kier alpha value is -1.96. The van der Waals surface area contributed by atoms with Crippen LogP contribution >= 0.6 is 22.9 Å². The van der Waals surface area contributed by atoms with E-state index >= 15 is 0 Å². The number of anilines is 2. The van der Waals surface area contributed by atoms with Crippen LogP contribution in [0.25, 0.3) is 0 Å². The number of nitrogens with one attached hydrogen (secondary N) is 2. The lowest BCUT2D eigenvalue weighted by atomic mass is 9.97. The molecular weight excluding hydrogens is 384 g/mol. The lowest BCUT2D eigenvalue weighted by molar-refractivity contribution is -0.123. The minimum Gasteiger partial charge on any atom is -0.326 e. The van der Waals surface area contributed by atoms with Crippen LogP contribution in [0.15, 0.2) is 24.3 Å². The van der Waals surface area contributed by atoms with Gasteiger partial charge in [-0.1, -0.05) is 11.6 Å². The Labute approximate surface area is 167 Å². The van der Waals surface area contributed by atoms with Crippen molar-refractivity contribution in [2.45, 2.75) is 26.7 Å². The van der Waals surface area contributed by atoms with Crippen LogP contribution in [-0.2, 0) is 9.59 Å². The van der Waals surface area contributed by atoms with Gasteiger partial charge >= 0.3 is 0 Å². The fraction of sp³-hybridized carbons (Fsp3) is 0.421. The lowest BCUT2D eigenvalue weighted by Gasteiger charge is -2.31. The van der Waals surface area contributed by atoms with Crippen LogP contribution in [-0.4, -0.2) is 41.3 Å². The van der Waals surface area contributed by atoms with Crippen molar-refractivity contribution in [1.29, 1.82) is 0 Å². The number of hydrogen-bond donors (Lipinski definition) is 2. The van der Waals surface area contributed by atoms with E-state index in [-0.39, 0.29) is 24.3 Å². The predicted octanol–water partition coefficient (Wildman–Crippen LogP) is 3.70. The van der Waals surface area contributed by atoms with E-state index < -0.39 is 0 Å². The number of benzene rings is 1. The zero-order chi connectivity index (χ0) is 19.4. The molecule has 0 spiro atoms. The molecule has 6 nitrogen and oxygen atoms in total. The van der Waals surface area contributed by atoms with E-state index in [2.05, 4.69) is 15.6 Å². The monoisotopic (exact) mass is 406 g/mol. The summed E-state index contributed by atoms with van der Waals surface area (Å²) in [5.41, 5.74) is 1.67. The van der Waals surface area contributed by atoms with Crippen molar-refractivity contribution in [3.8, 4) is 0 Å². The average Bonchev–Trinajstić information content (AvgIpc) is 2.94. The number of hydrogen-bond acceptors (Lipinski definition) is 5. The second-order valence-corrected chi connectivity index (χ2v) is 8.42. The highest BCUT2D eigenvalue weighted by atomic mass is 35.5. The molecular formula is C19H23ClN4O2S. The minimum absolute atomic E-state index is 0.0198. The van der Waals surface area contributed by atoms with E-state index in [1.54, 1.807) is 24.3 Å². The third-order valence-corrected chi connectivity index (χ3v) is 5.87. The Bertz CT molecular complexity index is 802. The van der Waals surface area contributed by atoms with Crippen molar-refractivity contribution in [3.63, 3.8) is 0 Å². The summed E-state index contributed by atoms with van der Waals surface area (Å²) in [6.07, 6.45) is 1.71. The molecule has 1 aliphatic heterocycles. The van der Waals surface area contributed by atoms with Crippen molar-refractivity contribution < 1.29 is 9.59 Å². The van der Waals surface area contributed by atoms with E-state index in [4.69, 9.17) is 11.6 Å². The molecule has 1 aromatic carbocycles. The number of likely N-dealkylation sites (tertiary alicyclic amines) is 1. The Morgan fingerprint density at radius 3 is 2.67 bits per heavy atom. The summed E-state index contributed by atoms with van der Waals surface area (Å²) in [6, 6.07) is 7.06. The summed E-state index contributed by atoms with van der Waals surface area (Å²) < 4.78 is 0. The van der Waals surface area contributed by atoms with Gasteiger partial charge in [-0.05, 0) is 57.5 Å². The second kappa shape index (κ2) is 8.82. The van der Waals surface area contributed by atoms with E-state index in [9.17, 15) is 9.59 Å². The summed E-state index contributed by atoms with van der Waals surface area (Å²) in [5.74, 6) is -0.248. The van der Waals surface area contributed by atoms with Crippen LogP contribution in [0.3, 0.4) is 0 Å². The maximum Gasteiger partial charge on any atom is 0.240 e. The largest absolute Gasteiger partial charge is 0.326 e. The van der Waals surface area contributed by atoms with Crippen molar-refractivity contribution in [2.75, 3.05) is 30.3 Å². The van der Waals surface area contributed by atoms with Crippen molar-refractivity contribution >= 4 is 45.6 Å². The molecule has 27 heavy (non-hydrogen) atoms. The number of halogens is 1. The maximum atomic E-state index is 12.5. The summed E-state index contributed by atoms with van der Waals surface area (Å²) in [6.45, 7) is 5.56. The Morgan fingerprint density at radius 1 is 1.26 bits per heavy atom. The van der Waals surface area contributed by atoms with Gasteiger partial charge in [0.1, 0.15) is 0 Å². The lowest BCUT2D eigenvalue weighted by Crippen LogP contribution is -2.43. The van der Waals surface area contributed by atoms with Crippen LogP contribution in [0.4, 0.5) is 10.8 Å². The standard InChI is InChI=1S/C19H23ClN4O2S/c1-12-13(2)27-19(21-12)23-17(25)11-24-9-3-4-14(10-24)18(26)22-16-7-5-15(20)6-8-16/h5-8,14H,3-4,9-11H2,1-2H3,(H,22,26)(H,21,23,25). The summed E-state index contributed by atoms with van der Waals surface area (Å²) in [5, 5.41) is 7.04.